The van der Waals surface area contributed by atoms with E-state index in [4.69, 9.17) is 23.0 Å². The van der Waals surface area contributed by atoms with Crippen LogP contribution >= 0.6 is 16.5 Å². The number of imidazole rings is 2. The summed E-state index contributed by atoms with van der Waals surface area (Å²) in [4.78, 5) is 37.8. The lowest BCUT2D eigenvalue weighted by Crippen LogP contribution is -2.28. The van der Waals surface area contributed by atoms with Crippen molar-refractivity contribution in [1.29, 1.82) is 0 Å². The molecule has 0 amide bonds. The Morgan fingerprint density at radius 1 is 0.782 bits per heavy atom. The Balaban J connectivity index is 0.888. The molecule has 2 unspecified atom stereocenters. The van der Waals surface area contributed by atoms with Crippen LogP contribution in [0.1, 0.15) is 36.4 Å². The van der Waals surface area contributed by atoms with Crippen molar-refractivity contribution < 1.29 is 42.2 Å². The van der Waals surface area contributed by atoms with Gasteiger partial charge in [-0.15, -0.1) is 9.05 Å². The molecule has 55 heavy (non-hydrogen) atoms. The molecule has 8 rings (SSSR count). The average molecular weight is 791 g/mol. The van der Waals surface area contributed by atoms with Crippen LogP contribution in [-0.2, 0) is 45.3 Å². The molecule has 0 spiro atoms. The highest BCUT2D eigenvalue weighted by Gasteiger charge is 2.45. The zero-order valence-electron chi connectivity index (χ0n) is 29.0. The van der Waals surface area contributed by atoms with Crippen molar-refractivity contribution in [3.05, 3.63) is 97.1 Å². The topological polar surface area (TPSA) is 235 Å². The molecule has 2 aliphatic rings. The van der Waals surface area contributed by atoms with Gasteiger partial charge in [0.15, 0.2) is 34.0 Å². The number of ether oxygens (including phenoxy) is 2. The number of hydrogen-bond acceptors (Lipinski definition) is 17. The van der Waals surface area contributed by atoms with Crippen LogP contribution < -0.4 is 15.5 Å². The number of hydrogen-bond donors (Lipinski definition) is 3. The van der Waals surface area contributed by atoms with Crippen LogP contribution in [0.15, 0.2) is 86.0 Å². The van der Waals surface area contributed by atoms with Gasteiger partial charge >= 0.3 is 8.25 Å². The molecular weight excluding hydrogens is 754 g/mol. The van der Waals surface area contributed by atoms with Crippen molar-refractivity contribution in [2.45, 2.75) is 62.8 Å². The minimum absolute atomic E-state index is 0.142. The summed E-state index contributed by atoms with van der Waals surface area (Å²) in [5, 5.41) is 17.4. The molecule has 6 aromatic rings. The molecule has 2 aliphatic heterocycles. The molecular formula is C34H36N10O9P2. The van der Waals surface area contributed by atoms with E-state index >= 15 is 0 Å². The number of nitrogens with one attached hydrogen (secondary N) is 2. The van der Waals surface area contributed by atoms with Gasteiger partial charge < -0.3 is 39.2 Å². The van der Waals surface area contributed by atoms with Crippen molar-refractivity contribution >= 4 is 50.5 Å². The Labute approximate surface area is 315 Å². The maximum Gasteiger partial charge on any atom is 0.697 e. The number of aliphatic hydroxyl groups is 1. The van der Waals surface area contributed by atoms with Gasteiger partial charge in [0.05, 0.1) is 25.4 Å². The van der Waals surface area contributed by atoms with Gasteiger partial charge in [-0.1, -0.05) is 60.7 Å². The Morgan fingerprint density at radius 2 is 1.33 bits per heavy atom. The lowest BCUT2D eigenvalue weighted by atomic mass is 10.2. The third-order valence-corrected chi connectivity index (χ3v) is 10.5. The smallest absolute Gasteiger partial charge is 0.697 e. The zero-order valence-corrected chi connectivity index (χ0v) is 30.9. The van der Waals surface area contributed by atoms with Gasteiger partial charge in [0, 0.05) is 30.5 Å². The molecule has 0 aliphatic carbocycles. The molecule has 4 aromatic heterocycles. The first-order valence-electron chi connectivity index (χ1n) is 17.4. The number of rotatable bonds is 16. The number of anilines is 2. The quantitative estimate of drug-likeness (QED) is 0.119. The normalized spacial score (nSPS) is 23.3. The van der Waals surface area contributed by atoms with E-state index in [1.54, 1.807) is 15.5 Å². The Hall–Kier alpha value is -4.81. The van der Waals surface area contributed by atoms with Crippen LogP contribution in [0.5, 0.6) is 0 Å². The Bertz CT molecular complexity index is 2270. The third-order valence-electron chi connectivity index (χ3n) is 9.26. The molecule has 2 saturated heterocycles. The van der Waals surface area contributed by atoms with E-state index < -0.39 is 53.4 Å². The molecule has 8 atom stereocenters. The highest BCUT2D eigenvalue weighted by Crippen LogP contribution is 2.40. The summed E-state index contributed by atoms with van der Waals surface area (Å²) < 4.78 is 56.2. The van der Waals surface area contributed by atoms with E-state index in [1.165, 1.54) is 19.0 Å². The molecule has 286 valence electrons. The van der Waals surface area contributed by atoms with Gasteiger partial charge in [-0.05, 0) is 11.1 Å². The predicted molar refractivity (Wildman–Crippen MR) is 195 cm³/mol. The number of nitrogens with zero attached hydrogens (tertiary/aromatic N) is 8. The Morgan fingerprint density at radius 3 is 1.89 bits per heavy atom. The second-order valence-electron chi connectivity index (χ2n) is 12.8. The van der Waals surface area contributed by atoms with E-state index in [9.17, 15) is 19.1 Å². The van der Waals surface area contributed by atoms with E-state index in [1.807, 2.05) is 60.7 Å². The lowest BCUT2D eigenvalue weighted by molar-refractivity contribution is -0.188. The largest absolute Gasteiger partial charge is 0.781 e. The third kappa shape index (κ3) is 8.55. The number of aliphatic hydroxyl groups excluding tert-OH is 1. The molecule has 0 bridgehead atoms. The van der Waals surface area contributed by atoms with Gasteiger partial charge in [0.2, 0.25) is 0 Å². The van der Waals surface area contributed by atoms with E-state index in [0.29, 0.717) is 47.1 Å². The molecule has 19 nitrogen and oxygen atoms in total. The molecule has 0 saturated carbocycles. The fourth-order valence-corrected chi connectivity index (χ4v) is 7.61. The van der Waals surface area contributed by atoms with Crippen LogP contribution in [0.25, 0.3) is 22.3 Å². The first-order chi connectivity index (χ1) is 26.9. The lowest BCUT2D eigenvalue weighted by Gasteiger charge is -2.17. The van der Waals surface area contributed by atoms with Gasteiger partial charge in [-0.25, -0.2) is 29.9 Å². The van der Waals surface area contributed by atoms with Gasteiger partial charge in [0.25, 0.3) is 0 Å². The zero-order chi connectivity index (χ0) is 37.7. The van der Waals surface area contributed by atoms with Crippen LogP contribution in [0.2, 0.25) is 0 Å². The summed E-state index contributed by atoms with van der Waals surface area (Å²) >= 11 is 0. The van der Waals surface area contributed by atoms with E-state index in [-0.39, 0.29) is 26.1 Å². The summed E-state index contributed by atoms with van der Waals surface area (Å²) in [6, 6.07) is 19.7. The van der Waals surface area contributed by atoms with Crippen molar-refractivity contribution in [2.24, 2.45) is 0 Å². The predicted octanol–water partition coefficient (Wildman–Crippen LogP) is 3.65. The van der Waals surface area contributed by atoms with Crippen molar-refractivity contribution in [1.82, 2.24) is 39.0 Å². The average Bonchev–Trinajstić information content (AvgIpc) is 4.00. The fourth-order valence-electron chi connectivity index (χ4n) is 6.54. The van der Waals surface area contributed by atoms with Crippen LogP contribution in [0.4, 0.5) is 11.6 Å². The van der Waals surface area contributed by atoms with Crippen molar-refractivity contribution in [3.8, 4) is 0 Å². The van der Waals surface area contributed by atoms with Crippen LogP contribution in [-0.4, -0.2) is 81.8 Å². The van der Waals surface area contributed by atoms with Gasteiger partial charge in [0.1, 0.15) is 58.3 Å². The van der Waals surface area contributed by atoms with Crippen molar-refractivity contribution in [2.75, 3.05) is 23.8 Å². The fraction of sp³-hybridized carbons (Fsp3) is 0.353. The van der Waals surface area contributed by atoms with Crippen molar-refractivity contribution in [3.63, 3.8) is 0 Å². The standard InChI is InChI=1S/C34H36N10O9P2/c45-23-11-27(43-19-41-29-31(37-17-39-33(29)43)35-13-21-7-3-1-4-8-21)51-25(23)15-50-55(48)53-24-12-28(52-26(24)16-49-54(46)47)44-20-42-30-32(38-18-40-34(30)44)36-14-22-9-5-2-6-10-22/h1-10,17-20,23-28,45,54H,11-16H2,(H2-,35,36,37,38,39,40,46,47)/t23-,24-,25+,26+,27+,28+/m0/s1. The highest BCUT2D eigenvalue weighted by atomic mass is 31.1. The summed E-state index contributed by atoms with van der Waals surface area (Å²) in [5.74, 6) is 1.08. The van der Waals surface area contributed by atoms with Crippen LogP contribution in [0.3, 0.4) is 0 Å². The molecule has 2 fully saturated rings. The number of fused-ring (bicyclic) bond motifs is 2. The Kier molecular flexibility index (Phi) is 11.4. The molecule has 21 heteroatoms. The molecule has 0 radical (unpaired) electrons. The SMILES string of the molecule is O=[P+](OC[C@H]1O[C@@H](n2cnc3c(NCc4ccccc4)ncnc32)C[C@@H]1O)O[C@H]1C[C@H](n2cnc3c(NCc4ccccc4)ncnc32)O[C@@H]1CO[PH](=O)[O-]. The van der Waals surface area contributed by atoms with Crippen LogP contribution in [0, 0.1) is 0 Å². The number of benzene rings is 2. The molecule has 2 aromatic carbocycles. The molecule has 6 heterocycles. The maximum absolute atomic E-state index is 13.1. The first kappa shape index (κ1) is 37.1. The highest BCUT2D eigenvalue weighted by molar-refractivity contribution is 7.33. The molecule has 3 N–H and O–H groups in total. The van der Waals surface area contributed by atoms with Gasteiger partial charge in [-0.2, -0.15) is 0 Å². The van der Waals surface area contributed by atoms with E-state index in [2.05, 4.69) is 40.5 Å². The summed E-state index contributed by atoms with van der Waals surface area (Å²) in [6.45, 7) is 0.438. The minimum atomic E-state index is -3.54. The second-order valence-corrected chi connectivity index (χ2v) is 14.5. The first-order valence-corrected chi connectivity index (χ1v) is 19.7. The summed E-state index contributed by atoms with van der Waals surface area (Å²) in [6.07, 6.45) is 1.31. The maximum atomic E-state index is 13.1. The monoisotopic (exact) mass is 790 g/mol. The minimum Gasteiger partial charge on any atom is -0.781 e. The summed E-state index contributed by atoms with van der Waals surface area (Å²) in [7, 11) is -6.31. The van der Waals surface area contributed by atoms with E-state index in [0.717, 1.165) is 11.1 Å². The summed E-state index contributed by atoms with van der Waals surface area (Å²) in [5.41, 5.74) is 4.16. The second kappa shape index (κ2) is 16.9. The number of aromatic nitrogens is 8. The van der Waals surface area contributed by atoms with Gasteiger partial charge in [-0.3, -0.25) is 9.13 Å².